The lowest BCUT2D eigenvalue weighted by atomic mass is 9.66. The summed E-state index contributed by atoms with van der Waals surface area (Å²) in [7, 11) is 7.98. The number of methoxy groups -OCH3 is 6. The maximum absolute atomic E-state index is 14.4. The fourth-order valence-electron chi connectivity index (χ4n) is 4.70. The Morgan fingerprint density at radius 1 is 0.690 bits per heavy atom. The molecule has 1 aliphatic carbocycles. The highest BCUT2D eigenvalue weighted by molar-refractivity contribution is 6.92. The minimum atomic E-state index is -1.96. The molecule has 0 aromatic heterocycles. The minimum absolute atomic E-state index is 0. The van der Waals surface area contributed by atoms with Crippen LogP contribution in [0, 0.1) is 5.41 Å². The lowest BCUT2D eigenvalue weighted by molar-refractivity contribution is 0.0578. The number of rotatable bonds is 10. The van der Waals surface area contributed by atoms with Crippen LogP contribution < -0.4 is 28.4 Å². The van der Waals surface area contributed by atoms with Gasteiger partial charge in [0.25, 0.3) is 0 Å². The Balaban J connectivity index is 0.00000616. The van der Waals surface area contributed by atoms with E-state index in [1.165, 1.54) is 61.7 Å². The van der Waals surface area contributed by atoms with E-state index >= 15 is 0 Å². The van der Waals surface area contributed by atoms with Crippen molar-refractivity contribution in [1.29, 1.82) is 0 Å². The molecule has 230 valence electrons. The van der Waals surface area contributed by atoms with Gasteiger partial charge in [0.05, 0.1) is 85.4 Å². The van der Waals surface area contributed by atoms with Crippen LogP contribution in [0.5, 0.6) is 34.5 Å². The number of aliphatic hydroxyl groups is 1. The fourth-order valence-corrected chi connectivity index (χ4v) is 6.17. The molecule has 0 fully saturated rings. The summed E-state index contributed by atoms with van der Waals surface area (Å²) in [6.45, 7) is 3.03. The molecule has 3 unspecified atom stereocenters. The molecule has 14 heteroatoms. The fraction of sp³-hybridized carbons (Fsp3) is 0.357. The van der Waals surface area contributed by atoms with Crippen LogP contribution in [-0.4, -0.2) is 65.4 Å². The smallest absolute Gasteiger partial charge is 0.206 e. The summed E-state index contributed by atoms with van der Waals surface area (Å²) in [6.07, 6.45) is 1.36. The van der Waals surface area contributed by atoms with E-state index in [0.29, 0.717) is 5.57 Å². The Kier molecular flexibility index (Phi) is 11.9. The molecule has 1 N–H and O–H groups in total. The highest BCUT2D eigenvalue weighted by Crippen LogP contribution is 2.55. The van der Waals surface area contributed by atoms with Crippen molar-refractivity contribution in [2.75, 3.05) is 42.7 Å². The van der Waals surface area contributed by atoms with Crippen molar-refractivity contribution in [3.8, 4) is 34.5 Å². The molecule has 2 aromatic carbocycles. The number of allylic oxidation sites excluding steroid dienone is 2. The first-order chi connectivity index (χ1) is 19.3. The highest BCUT2D eigenvalue weighted by Gasteiger charge is 2.50. The monoisotopic (exact) mass is 682 g/mol. The van der Waals surface area contributed by atoms with Crippen molar-refractivity contribution >= 4 is 67.9 Å². The van der Waals surface area contributed by atoms with E-state index < -0.39 is 23.1 Å². The quantitative estimate of drug-likeness (QED) is 0.215. The minimum Gasteiger partial charge on any atom is -0.491 e. The molecular formula is C28H31Cl4O9P. The summed E-state index contributed by atoms with van der Waals surface area (Å²) >= 11 is 26.5. The molecule has 1 aliphatic rings. The lowest BCUT2D eigenvalue weighted by Crippen LogP contribution is -2.45. The van der Waals surface area contributed by atoms with Gasteiger partial charge in [-0.15, -0.1) is 0 Å². The zero-order valence-corrected chi connectivity index (χ0v) is 28.6. The Morgan fingerprint density at radius 3 is 1.36 bits per heavy atom. The molecule has 0 heterocycles. The number of ketones is 2. The first-order valence-corrected chi connectivity index (χ1v) is 13.3. The first kappa shape index (κ1) is 35.8. The topological polar surface area (TPSA) is 110 Å². The van der Waals surface area contributed by atoms with Crippen LogP contribution in [0.1, 0.15) is 34.6 Å². The van der Waals surface area contributed by atoms with Crippen molar-refractivity contribution in [3.05, 3.63) is 54.5 Å². The van der Waals surface area contributed by atoms with Crippen molar-refractivity contribution in [2.24, 2.45) is 5.41 Å². The Bertz CT molecular complexity index is 1430. The Hall–Kier alpha value is -2.39. The van der Waals surface area contributed by atoms with Crippen LogP contribution >= 0.6 is 56.3 Å². The summed E-state index contributed by atoms with van der Waals surface area (Å²) in [5, 5.41) is 10.5. The molecule has 0 saturated carbocycles. The van der Waals surface area contributed by atoms with Gasteiger partial charge in [0.15, 0.2) is 34.6 Å². The summed E-state index contributed by atoms with van der Waals surface area (Å²) in [4.78, 5) is 28.8. The molecule has 0 radical (unpaired) electrons. The SMILES string of the molecule is COc1c(Cl)c(C(=O)C2=CC(C)=CC(O)C2(C)C(=O)c2c(Cl)c(OC)c(OC)c(OC)c2Cl)c(Cl)c(OC)c1OC.P. The summed E-state index contributed by atoms with van der Waals surface area (Å²) in [5.41, 5.74) is -2.13. The standard InChI is InChI=1S/C28H28Cl4O9.H3P/c1-11-9-12(20(34)14-16(29)21(36-3)25(40-7)22(37-4)17(14)30)28(2,13(33)10-11)27(35)15-18(31)23(38-5)26(41-8)24(39-6)19(15)32;/h9-10,13,33H,1-8H3;1H3. The second kappa shape index (κ2) is 13.9. The number of halogens is 4. The molecule has 0 aliphatic heterocycles. The zero-order chi connectivity index (χ0) is 31.0. The van der Waals surface area contributed by atoms with Gasteiger partial charge in [0.2, 0.25) is 11.5 Å². The Labute approximate surface area is 267 Å². The second-order valence-corrected chi connectivity index (χ2v) is 10.5. The van der Waals surface area contributed by atoms with Crippen molar-refractivity contribution < 1.29 is 43.1 Å². The summed E-state index contributed by atoms with van der Waals surface area (Å²) < 4.78 is 32.3. The van der Waals surface area contributed by atoms with Crippen LogP contribution in [0.3, 0.4) is 0 Å². The van der Waals surface area contributed by atoms with Gasteiger partial charge in [0.1, 0.15) is 0 Å². The van der Waals surface area contributed by atoms with Crippen molar-refractivity contribution in [2.45, 2.75) is 20.0 Å². The number of benzene rings is 2. The van der Waals surface area contributed by atoms with Crippen molar-refractivity contribution in [1.82, 2.24) is 0 Å². The third-order valence-electron chi connectivity index (χ3n) is 6.84. The number of carbonyl (C=O) groups excluding carboxylic acids is 2. The summed E-state index contributed by atoms with van der Waals surface area (Å²) in [5.74, 6) is -1.61. The predicted molar refractivity (Wildman–Crippen MR) is 168 cm³/mol. The van der Waals surface area contributed by atoms with Crippen LogP contribution in [0.2, 0.25) is 20.1 Å². The van der Waals surface area contributed by atoms with E-state index in [1.54, 1.807) is 6.92 Å². The van der Waals surface area contributed by atoms with Gasteiger partial charge in [-0.3, -0.25) is 9.59 Å². The number of carbonyl (C=O) groups is 2. The molecule has 0 spiro atoms. The zero-order valence-electron chi connectivity index (χ0n) is 24.2. The van der Waals surface area contributed by atoms with Crippen LogP contribution in [-0.2, 0) is 0 Å². The van der Waals surface area contributed by atoms with E-state index in [1.807, 2.05) is 0 Å². The molecule has 3 atom stereocenters. The number of ether oxygens (including phenoxy) is 6. The Morgan fingerprint density at radius 2 is 1.02 bits per heavy atom. The third kappa shape index (κ3) is 5.51. The molecular weight excluding hydrogens is 653 g/mol. The van der Waals surface area contributed by atoms with E-state index in [9.17, 15) is 14.7 Å². The molecule has 9 nitrogen and oxygen atoms in total. The van der Waals surface area contributed by atoms with Gasteiger partial charge < -0.3 is 33.5 Å². The van der Waals surface area contributed by atoms with Gasteiger partial charge >= 0.3 is 0 Å². The van der Waals surface area contributed by atoms with Gasteiger partial charge in [-0.1, -0.05) is 64.1 Å². The van der Waals surface area contributed by atoms with E-state index in [0.717, 1.165) is 0 Å². The van der Waals surface area contributed by atoms with E-state index in [-0.39, 0.29) is 81.2 Å². The average molecular weight is 684 g/mol. The van der Waals surface area contributed by atoms with Crippen molar-refractivity contribution in [3.63, 3.8) is 0 Å². The van der Waals surface area contributed by atoms with Crippen LogP contribution in [0.25, 0.3) is 0 Å². The molecule has 42 heavy (non-hydrogen) atoms. The number of aliphatic hydroxyl groups excluding tert-OH is 1. The van der Waals surface area contributed by atoms with Crippen LogP contribution in [0.15, 0.2) is 23.3 Å². The normalized spacial score (nSPS) is 17.8. The lowest BCUT2D eigenvalue weighted by Gasteiger charge is -2.37. The number of hydrogen-bond donors (Lipinski definition) is 1. The number of hydrogen-bond acceptors (Lipinski definition) is 9. The average Bonchev–Trinajstić information content (AvgIpc) is 2.93. The maximum Gasteiger partial charge on any atom is 0.206 e. The third-order valence-corrected chi connectivity index (χ3v) is 8.28. The second-order valence-electron chi connectivity index (χ2n) is 8.98. The number of Topliss-reactive ketones (excluding diaryl/α,β-unsaturated/α-hetero) is 2. The van der Waals surface area contributed by atoms with Gasteiger partial charge in [-0.05, 0) is 13.8 Å². The highest BCUT2D eigenvalue weighted by atomic mass is 35.5. The summed E-state index contributed by atoms with van der Waals surface area (Å²) in [6, 6.07) is 0. The van der Waals surface area contributed by atoms with E-state index in [4.69, 9.17) is 74.8 Å². The molecule has 0 amide bonds. The molecule has 3 rings (SSSR count). The predicted octanol–water partition coefficient (Wildman–Crippen LogP) is 6.73. The van der Waals surface area contributed by atoms with Gasteiger partial charge in [-0.25, -0.2) is 0 Å². The van der Waals surface area contributed by atoms with Gasteiger partial charge in [-0.2, -0.15) is 9.90 Å². The first-order valence-electron chi connectivity index (χ1n) is 11.8. The van der Waals surface area contributed by atoms with E-state index in [2.05, 4.69) is 0 Å². The molecule has 2 aromatic rings. The molecule has 0 saturated heterocycles. The largest absolute Gasteiger partial charge is 0.491 e. The van der Waals surface area contributed by atoms with Gasteiger partial charge in [0, 0.05) is 5.57 Å². The molecule has 0 bridgehead atoms. The van der Waals surface area contributed by atoms with Crippen LogP contribution in [0.4, 0.5) is 0 Å². The maximum atomic E-state index is 14.4.